The molecule has 0 aliphatic carbocycles. The highest BCUT2D eigenvalue weighted by Crippen LogP contribution is 2.43. The van der Waals surface area contributed by atoms with Gasteiger partial charge in [-0.2, -0.15) is 0 Å². The van der Waals surface area contributed by atoms with E-state index < -0.39 is 17.7 Å². The molecule has 1 fully saturated rings. The van der Waals surface area contributed by atoms with Crippen LogP contribution in [0.3, 0.4) is 0 Å². The Bertz CT molecular complexity index is 1150. The number of nitrogens with zero attached hydrogens (tertiary/aromatic N) is 1. The molecule has 0 bridgehead atoms. The quantitative estimate of drug-likeness (QED) is 0.170. The van der Waals surface area contributed by atoms with Gasteiger partial charge in [-0.1, -0.05) is 37.4 Å². The SMILES string of the molecule is CCCCCOc1ccc(/C(O)=C2/C(=O)C(=O)N(c3ccc(Cl)cc3)C2c2cccs2)cc1. The number of benzene rings is 2. The zero-order valence-electron chi connectivity index (χ0n) is 18.2. The molecule has 1 aliphatic heterocycles. The van der Waals surface area contributed by atoms with Crippen LogP contribution in [0.4, 0.5) is 5.69 Å². The average Bonchev–Trinajstić information content (AvgIpc) is 3.44. The third kappa shape index (κ3) is 4.82. The number of hydrogen-bond acceptors (Lipinski definition) is 5. The van der Waals surface area contributed by atoms with E-state index in [1.54, 1.807) is 48.5 Å². The number of anilines is 1. The lowest BCUT2D eigenvalue weighted by atomic mass is 9.99. The Kier molecular flexibility index (Phi) is 7.16. The number of aliphatic hydroxyl groups is 1. The van der Waals surface area contributed by atoms with E-state index in [-0.39, 0.29) is 11.3 Å². The third-order valence-electron chi connectivity index (χ3n) is 5.51. The van der Waals surface area contributed by atoms with Gasteiger partial charge in [0.1, 0.15) is 17.6 Å². The van der Waals surface area contributed by atoms with Crippen LogP contribution in [-0.4, -0.2) is 23.4 Å². The molecule has 33 heavy (non-hydrogen) atoms. The molecule has 2 heterocycles. The summed E-state index contributed by atoms with van der Waals surface area (Å²) in [7, 11) is 0. The number of rotatable bonds is 8. The van der Waals surface area contributed by atoms with Gasteiger partial charge in [-0.3, -0.25) is 14.5 Å². The average molecular weight is 482 g/mol. The number of ketones is 1. The first-order valence-corrected chi connectivity index (χ1v) is 12.1. The molecule has 4 rings (SSSR count). The van der Waals surface area contributed by atoms with Crippen LogP contribution in [0.25, 0.3) is 5.76 Å². The first kappa shape index (κ1) is 23.1. The van der Waals surface area contributed by atoms with Crippen LogP contribution in [0, 0.1) is 0 Å². The molecule has 1 N–H and O–H groups in total. The summed E-state index contributed by atoms with van der Waals surface area (Å²) in [5, 5.41) is 13.6. The van der Waals surface area contributed by atoms with Crippen LogP contribution in [0.15, 0.2) is 71.6 Å². The van der Waals surface area contributed by atoms with Gasteiger partial charge in [-0.25, -0.2) is 0 Å². The molecule has 0 spiro atoms. The molecular formula is C26H24ClNO4S. The molecule has 7 heteroatoms. The fourth-order valence-corrected chi connectivity index (χ4v) is 4.77. The molecule has 1 atom stereocenters. The van der Waals surface area contributed by atoms with E-state index in [9.17, 15) is 14.7 Å². The van der Waals surface area contributed by atoms with Crippen molar-refractivity contribution < 1.29 is 19.4 Å². The van der Waals surface area contributed by atoms with Gasteiger partial charge in [0.2, 0.25) is 0 Å². The monoisotopic (exact) mass is 481 g/mol. The normalized spacial score (nSPS) is 17.5. The molecule has 1 aliphatic rings. The minimum atomic E-state index is -0.726. The topological polar surface area (TPSA) is 66.8 Å². The largest absolute Gasteiger partial charge is 0.507 e. The van der Waals surface area contributed by atoms with Crippen molar-refractivity contribution >= 4 is 46.1 Å². The second-order valence-corrected chi connectivity index (χ2v) is 9.16. The fourth-order valence-electron chi connectivity index (χ4n) is 3.82. The minimum absolute atomic E-state index is 0.0639. The number of amides is 1. The lowest BCUT2D eigenvalue weighted by Gasteiger charge is -2.24. The Labute approximate surface area is 201 Å². The standard InChI is InChI=1S/C26H24ClNO4S/c1-2-3-4-15-32-20-13-7-17(8-14-20)24(29)22-23(21-6-5-16-33-21)28(26(31)25(22)30)19-11-9-18(27)10-12-19/h5-14,16,23,29H,2-4,15H2,1H3/b24-22-. The second kappa shape index (κ2) is 10.2. The lowest BCUT2D eigenvalue weighted by Crippen LogP contribution is -2.29. The van der Waals surface area contributed by atoms with Crippen LogP contribution >= 0.6 is 22.9 Å². The van der Waals surface area contributed by atoms with Crippen LogP contribution in [0.2, 0.25) is 5.02 Å². The van der Waals surface area contributed by atoms with Gasteiger partial charge in [0.05, 0.1) is 12.2 Å². The number of halogens is 1. The van der Waals surface area contributed by atoms with Crippen molar-refractivity contribution in [3.8, 4) is 5.75 Å². The Balaban J connectivity index is 1.70. The number of unbranched alkanes of at least 4 members (excludes halogenated alkanes) is 2. The smallest absolute Gasteiger partial charge is 0.300 e. The number of ether oxygens (including phenoxy) is 1. The van der Waals surface area contributed by atoms with Crippen molar-refractivity contribution in [3.05, 3.63) is 87.1 Å². The Morgan fingerprint density at radius 1 is 1.06 bits per heavy atom. The van der Waals surface area contributed by atoms with Crippen molar-refractivity contribution in [2.24, 2.45) is 0 Å². The van der Waals surface area contributed by atoms with Crippen LogP contribution < -0.4 is 9.64 Å². The Morgan fingerprint density at radius 2 is 1.79 bits per heavy atom. The molecule has 3 aromatic rings. The molecule has 0 radical (unpaired) electrons. The van der Waals surface area contributed by atoms with E-state index in [1.807, 2.05) is 17.5 Å². The molecule has 170 valence electrons. The van der Waals surface area contributed by atoms with Crippen LogP contribution in [0.5, 0.6) is 5.75 Å². The minimum Gasteiger partial charge on any atom is -0.507 e. The highest BCUT2D eigenvalue weighted by molar-refractivity contribution is 7.10. The van der Waals surface area contributed by atoms with Crippen molar-refractivity contribution in [1.29, 1.82) is 0 Å². The fraction of sp³-hybridized carbons (Fsp3) is 0.231. The van der Waals surface area contributed by atoms with Crippen molar-refractivity contribution in [2.45, 2.75) is 32.2 Å². The molecule has 2 aromatic carbocycles. The Hall–Kier alpha value is -3.09. The van der Waals surface area contributed by atoms with Gasteiger partial charge < -0.3 is 9.84 Å². The van der Waals surface area contributed by atoms with E-state index in [1.165, 1.54) is 16.2 Å². The van der Waals surface area contributed by atoms with Gasteiger partial charge >= 0.3 is 0 Å². The highest BCUT2D eigenvalue weighted by Gasteiger charge is 2.47. The maximum Gasteiger partial charge on any atom is 0.300 e. The summed E-state index contributed by atoms with van der Waals surface area (Å²) in [6.45, 7) is 2.77. The first-order valence-electron chi connectivity index (χ1n) is 10.8. The second-order valence-electron chi connectivity index (χ2n) is 7.74. The third-order valence-corrected chi connectivity index (χ3v) is 6.68. The number of hydrogen-bond donors (Lipinski definition) is 1. The van der Waals surface area contributed by atoms with Gasteiger partial charge in [-0.15, -0.1) is 11.3 Å². The summed E-state index contributed by atoms with van der Waals surface area (Å²) < 4.78 is 5.73. The number of carbonyl (C=O) groups is 2. The number of Topliss-reactive ketones (excluding diaryl/α,β-unsaturated/α-hetero) is 1. The predicted molar refractivity (Wildman–Crippen MR) is 132 cm³/mol. The van der Waals surface area contributed by atoms with Crippen molar-refractivity contribution in [1.82, 2.24) is 0 Å². The zero-order chi connectivity index (χ0) is 23.4. The molecule has 5 nitrogen and oxygen atoms in total. The van der Waals surface area contributed by atoms with Gasteiger partial charge in [-0.05, 0) is 66.4 Å². The number of thiophene rings is 1. The summed E-state index contributed by atoms with van der Waals surface area (Å²) in [4.78, 5) is 28.3. The Morgan fingerprint density at radius 3 is 2.42 bits per heavy atom. The molecule has 0 saturated carbocycles. The molecule has 1 unspecified atom stereocenters. The first-order chi connectivity index (χ1) is 16.0. The van der Waals surface area contributed by atoms with Crippen molar-refractivity contribution in [3.63, 3.8) is 0 Å². The van der Waals surface area contributed by atoms with Crippen LogP contribution in [-0.2, 0) is 9.59 Å². The summed E-state index contributed by atoms with van der Waals surface area (Å²) in [6, 6.07) is 16.6. The molecule has 1 amide bonds. The maximum atomic E-state index is 13.1. The lowest BCUT2D eigenvalue weighted by molar-refractivity contribution is -0.132. The van der Waals surface area contributed by atoms with E-state index in [4.69, 9.17) is 16.3 Å². The van der Waals surface area contributed by atoms with Gasteiger partial charge in [0.25, 0.3) is 11.7 Å². The number of carbonyl (C=O) groups excluding carboxylic acids is 2. The summed E-state index contributed by atoms with van der Waals surface area (Å²) in [5.41, 5.74) is 1.05. The van der Waals surface area contributed by atoms with Crippen LogP contribution in [0.1, 0.15) is 42.7 Å². The molecule has 1 aromatic heterocycles. The zero-order valence-corrected chi connectivity index (χ0v) is 19.7. The van der Waals surface area contributed by atoms with E-state index in [0.717, 1.165) is 24.1 Å². The maximum absolute atomic E-state index is 13.1. The highest BCUT2D eigenvalue weighted by atomic mass is 35.5. The predicted octanol–water partition coefficient (Wildman–Crippen LogP) is 6.60. The summed E-state index contributed by atoms with van der Waals surface area (Å²) >= 11 is 7.43. The van der Waals surface area contributed by atoms with Gasteiger partial charge in [0, 0.05) is 21.2 Å². The summed E-state index contributed by atoms with van der Waals surface area (Å²) in [5.74, 6) is -0.922. The number of aliphatic hydroxyl groups excluding tert-OH is 1. The molecule has 1 saturated heterocycles. The molecular weight excluding hydrogens is 458 g/mol. The van der Waals surface area contributed by atoms with Gasteiger partial charge in [0.15, 0.2) is 0 Å². The van der Waals surface area contributed by atoms with E-state index >= 15 is 0 Å². The van der Waals surface area contributed by atoms with E-state index in [2.05, 4.69) is 6.92 Å². The van der Waals surface area contributed by atoms with Crippen molar-refractivity contribution in [2.75, 3.05) is 11.5 Å². The van der Waals surface area contributed by atoms with E-state index in [0.29, 0.717) is 28.6 Å². The summed E-state index contributed by atoms with van der Waals surface area (Å²) in [6.07, 6.45) is 3.21.